The Hall–Kier alpha value is -1.22. The van der Waals surface area contributed by atoms with Gasteiger partial charge in [-0.15, -0.1) is 0 Å². The Labute approximate surface area is 128 Å². The van der Waals surface area contributed by atoms with E-state index in [-0.39, 0.29) is 12.1 Å². The van der Waals surface area contributed by atoms with Gasteiger partial charge in [-0.05, 0) is 43.2 Å². The van der Waals surface area contributed by atoms with Crippen LogP contribution in [-0.2, 0) is 0 Å². The van der Waals surface area contributed by atoms with Crippen LogP contribution in [0.4, 0.5) is 5.69 Å². The van der Waals surface area contributed by atoms with E-state index < -0.39 is 0 Å². The SMILES string of the molecule is COc1ccccc1NC1(CO)CCCC(CC(C)C)C1. The number of para-hydroxylation sites is 2. The van der Waals surface area contributed by atoms with Gasteiger partial charge < -0.3 is 15.2 Å². The molecule has 1 aliphatic carbocycles. The maximum atomic E-state index is 10.0. The quantitative estimate of drug-likeness (QED) is 0.830. The average Bonchev–Trinajstić information content (AvgIpc) is 2.47. The number of methoxy groups -OCH3 is 1. The number of ether oxygens (including phenoxy) is 1. The smallest absolute Gasteiger partial charge is 0.141 e. The number of rotatable bonds is 6. The zero-order valence-electron chi connectivity index (χ0n) is 13.6. The van der Waals surface area contributed by atoms with Gasteiger partial charge in [0.2, 0.25) is 0 Å². The van der Waals surface area contributed by atoms with Gasteiger partial charge >= 0.3 is 0 Å². The molecule has 1 aromatic carbocycles. The summed E-state index contributed by atoms with van der Waals surface area (Å²) in [4.78, 5) is 0. The molecule has 1 saturated carbocycles. The third-order valence-corrected chi connectivity index (χ3v) is 4.56. The Morgan fingerprint density at radius 3 is 2.81 bits per heavy atom. The lowest BCUT2D eigenvalue weighted by molar-refractivity contribution is 0.135. The summed E-state index contributed by atoms with van der Waals surface area (Å²) in [6.07, 6.45) is 5.78. The molecule has 0 spiro atoms. The van der Waals surface area contributed by atoms with E-state index >= 15 is 0 Å². The maximum absolute atomic E-state index is 10.0. The molecule has 21 heavy (non-hydrogen) atoms. The maximum Gasteiger partial charge on any atom is 0.141 e. The Balaban J connectivity index is 2.13. The second kappa shape index (κ2) is 7.17. The van der Waals surface area contributed by atoms with Crippen molar-refractivity contribution < 1.29 is 9.84 Å². The number of anilines is 1. The summed E-state index contributed by atoms with van der Waals surface area (Å²) in [5, 5.41) is 13.6. The lowest BCUT2D eigenvalue weighted by Gasteiger charge is -2.42. The number of hydrogen-bond donors (Lipinski definition) is 2. The zero-order chi connectivity index (χ0) is 15.3. The summed E-state index contributed by atoms with van der Waals surface area (Å²) >= 11 is 0. The van der Waals surface area contributed by atoms with Crippen LogP contribution < -0.4 is 10.1 Å². The van der Waals surface area contributed by atoms with Gasteiger partial charge in [0.15, 0.2) is 0 Å². The molecule has 0 heterocycles. The van der Waals surface area contributed by atoms with Crippen LogP contribution in [0.3, 0.4) is 0 Å². The molecule has 2 rings (SSSR count). The highest BCUT2D eigenvalue weighted by Gasteiger charge is 2.36. The largest absolute Gasteiger partial charge is 0.495 e. The van der Waals surface area contributed by atoms with Gasteiger partial charge in [0.1, 0.15) is 5.75 Å². The first-order valence-electron chi connectivity index (χ1n) is 8.10. The minimum Gasteiger partial charge on any atom is -0.495 e. The van der Waals surface area contributed by atoms with Crippen LogP contribution in [-0.4, -0.2) is 24.4 Å². The van der Waals surface area contributed by atoms with E-state index in [2.05, 4.69) is 19.2 Å². The van der Waals surface area contributed by atoms with Crippen LogP contribution in [0.2, 0.25) is 0 Å². The number of aliphatic hydroxyl groups excluding tert-OH is 1. The molecular weight excluding hydrogens is 262 g/mol. The first-order chi connectivity index (χ1) is 10.1. The summed E-state index contributed by atoms with van der Waals surface area (Å²) in [5.74, 6) is 2.26. The first-order valence-corrected chi connectivity index (χ1v) is 8.10. The van der Waals surface area contributed by atoms with Crippen molar-refractivity contribution in [1.29, 1.82) is 0 Å². The van der Waals surface area contributed by atoms with Crippen molar-refractivity contribution in [2.75, 3.05) is 19.0 Å². The van der Waals surface area contributed by atoms with Crippen molar-refractivity contribution in [1.82, 2.24) is 0 Å². The van der Waals surface area contributed by atoms with E-state index in [1.54, 1.807) is 7.11 Å². The van der Waals surface area contributed by atoms with Crippen LogP contribution in [0, 0.1) is 11.8 Å². The molecule has 118 valence electrons. The van der Waals surface area contributed by atoms with Crippen LogP contribution in [0.1, 0.15) is 46.0 Å². The van der Waals surface area contributed by atoms with Crippen molar-refractivity contribution in [3.05, 3.63) is 24.3 Å². The number of benzene rings is 1. The molecule has 0 saturated heterocycles. The van der Waals surface area contributed by atoms with Crippen molar-refractivity contribution in [3.8, 4) is 5.75 Å². The molecule has 1 fully saturated rings. The van der Waals surface area contributed by atoms with Gasteiger partial charge in [0.05, 0.1) is 24.9 Å². The van der Waals surface area contributed by atoms with Crippen molar-refractivity contribution >= 4 is 5.69 Å². The normalized spacial score (nSPS) is 25.9. The molecule has 1 aliphatic rings. The van der Waals surface area contributed by atoms with Crippen molar-refractivity contribution in [3.63, 3.8) is 0 Å². The highest BCUT2D eigenvalue weighted by molar-refractivity contribution is 5.57. The molecule has 0 amide bonds. The van der Waals surface area contributed by atoms with Crippen LogP contribution in [0.15, 0.2) is 24.3 Å². The Bertz CT molecular complexity index is 447. The van der Waals surface area contributed by atoms with E-state index in [9.17, 15) is 5.11 Å². The molecule has 2 unspecified atom stereocenters. The molecule has 0 radical (unpaired) electrons. The van der Waals surface area contributed by atoms with Gasteiger partial charge in [-0.2, -0.15) is 0 Å². The van der Waals surface area contributed by atoms with E-state index in [1.165, 1.54) is 19.3 Å². The predicted octanol–water partition coefficient (Wildman–Crippen LogP) is 4.07. The number of hydrogen-bond acceptors (Lipinski definition) is 3. The Morgan fingerprint density at radius 2 is 2.14 bits per heavy atom. The minimum atomic E-state index is -0.202. The standard InChI is InChI=1S/C18H29NO2/c1-14(2)11-15-7-6-10-18(12-15,13-20)19-16-8-4-5-9-17(16)21-3/h4-5,8-9,14-15,19-20H,6-7,10-13H2,1-3H3. The van der Waals surface area contributed by atoms with Crippen molar-refractivity contribution in [2.24, 2.45) is 11.8 Å². The molecule has 2 N–H and O–H groups in total. The van der Waals surface area contributed by atoms with Gasteiger partial charge in [0.25, 0.3) is 0 Å². The van der Waals surface area contributed by atoms with E-state index in [0.717, 1.165) is 30.2 Å². The van der Waals surface area contributed by atoms with Gasteiger partial charge in [0, 0.05) is 0 Å². The molecule has 2 atom stereocenters. The monoisotopic (exact) mass is 291 g/mol. The van der Waals surface area contributed by atoms with E-state index in [0.29, 0.717) is 5.92 Å². The fraction of sp³-hybridized carbons (Fsp3) is 0.667. The average molecular weight is 291 g/mol. The zero-order valence-corrected chi connectivity index (χ0v) is 13.6. The van der Waals surface area contributed by atoms with Gasteiger partial charge in [-0.3, -0.25) is 0 Å². The molecule has 3 nitrogen and oxygen atoms in total. The Kier molecular flexibility index (Phi) is 5.51. The van der Waals surface area contributed by atoms with Gasteiger partial charge in [-0.25, -0.2) is 0 Å². The molecule has 1 aromatic rings. The number of aliphatic hydroxyl groups is 1. The van der Waals surface area contributed by atoms with Crippen molar-refractivity contribution in [2.45, 2.75) is 51.5 Å². The topological polar surface area (TPSA) is 41.5 Å². The Morgan fingerprint density at radius 1 is 1.38 bits per heavy atom. The van der Waals surface area contributed by atoms with Gasteiger partial charge in [-0.1, -0.05) is 38.8 Å². The third kappa shape index (κ3) is 4.13. The second-order valence-corrected chi connectivity index (χ2v) is 6.86. The molecule has 0 aliphatic heterocycles. The fourth-order valence-corrected chi connectivity index (χ4v) is 3.68. The van der Waals surface area contributed by atoms with Crippen LogP contribution in [0.5, 0.6) is 5.75 Å². The summed E-state index contributed by atoms with van der Waals surface area (Å²) < 4.78 is 5.42. The van der Waals surface area contributed by atoms with Crippen LogP contribution >= 0.6 is 0 Å². The summed E-state index contributed by atoms with van der Waals surface area (Å²) in [5.41, 5.74) is 0.783. The summed E-state index contributed by atoms with van der Waals surface area (Å²) in [7, 11) is 1.69. The molecular formula is C18H29NO2. The lowest BCUT2D eigenvalue weighted by atomic mass is 9.73. The van der Waals surface area contributed by atoms with E-state index in [4.69, 9.17) is 4.74 Å². The second-order valence-electron chi connectivity index (χ2n) is 6.86. The number of nitrogens with one attached hydrogen (secondary N) is 1. The highest BCUT2D eigenvalue weighted by atomic mass is 16.5. The lowest BCUT2D eigenvalue weighted by Crippen LogP contribution is -2.46. The molecule has 0 bridgehead atoms. The molecule has 3 heteroatoms. The van der Waals surface area contributed by atoms with E-state index in [1.807, 2.05) is 24.3 Å². The highest BCUT2D eigenvalue weighted by Crippen LogP contribution is 2.39. The minimum absolute atomic E-state index is 0.180. The predicted molar refractivity (Wildman–Crippen MR) is 87.8 cm³/mol. The fourth-order valence-electron chi connectivity index (χ4n) is 3.68. The van der Waals surface area contributed by atoms with Crippen LogP contribution in [0.25, 0.3) is 0 Å². The summed E-state index contributed by atoms with van der Waals surface area (Å²) in [6, 6.07) is 7.96. The first kappa shape index (κ1) is 16.2. The third-order valence-electron chi connectivity index (χ3n) is 4.56. The molecule has 0 aromatic heterocycles. The summed E-state index contributed by atoms with van der Waals surface area (Å²) in [6.45, 7) is 4.74.